The topological polar surface area (TPSA) is 21.3 Å². The van der Waals surface area contributed by atoms with E-state index < -0.39 is 0 Å². The molecule has 0 amide bonds. The van der Waals surface area contributed by atoms with E-state index in [2.05, 4.69) is 77.7 Å². The summed E-state index contributed by atoms with van der Waals surface area (Å²) in [4.78, 5) is 2.21. The number of hydrogen-bond acceptors (Lipinski definition) is 2. The van der Waals surface area contributed by atoms with Gasteiger partial charge < -0.3 is 13.9 Å². The second-order valence-corrected chi connectivity index (χ2v) is 14.9. The van der Waals surface area contributed by atoms with Crippen LogP contribution in [-0.2, 0) is 0 Å². The van der Waals surface area contributed by atoms with E-state index in [0.717, 1.165) is 83.1 Å². The zero-order valence-corrected chi connectivity index (χ0v) is 31.7. The Kier molecular flexibility index (Phi) is 6.46. The van der Waals surface area contributed by atoms with Crippen molar-refractivity contribution in [1.29, 1.82) is 0 Å². The number of fused-ring (bicyclic) bond motifs is 9. The van der Waals surface area contributed by atoms with Gasteiger partial charge >= 0.3 is 0 Å². The summed E-state index contributed by atoms with van der Waals surface area (Å²) in [5.41, 5.74) is 9.81. The van der Waals surface area contributed by atoms with Gasteiger partial charge in [0.25, 0.3) is 0 Å². The Labute approximate surface area is 348 Å². The van der Waals surface area contributed by atoms with Crippen LogP contribution in [0.25, 0.3) is 93.2 Å². The Bertz CT molecular complexity index is 3860. The van der Waals surface area contributed by atoms with E-state index in [0.29, 0.717) is 21.9 Å². The predicted molar refractivity (Wildman–Crippen MR) is 249 cm³/mol. The molecule has 0 bridgehead atoms. The molecular weight excluding hydrogens is 717 g/mol. The Morgan fingerprint density at radius 1 is 0.407 bits per heavy atom. The Hall–Kier alpha value is -7.88. The Morgan fingerprint density at radius 2 is 1.12 bits per heavy atom. The first-order valence-electron chi connectivity index (χ1n) is 22.3. The normalized spacial score (nSPS) is 12.9. The maximum Gasteiger partial charge on any atom is 0.137 e. The first-order chi connectivity index (χ1) is 31.3. The fourth-order valence-electron chi connectivity index (χ4n) is 8.82. The van der Waals surface area contributed by atoms with Crippen LogP contribution < -0.4 is 4.90 Å². The molecule has 10 aromatic carbocycles. The molecule has 3 heteroatoms. The number of anilines is 3. The predicted octanol–water partition coefficient (Wildman–Crippen LogP) is 15.8. The molecule has 0 radical (unpaired) electrons. The number of rotatable bonds is 6. The molecule has 0 spiro atoms. The highest BCUT2D eigenvalue weighted by molar-refractivity contribution is 6.25. The number of furan rings is 1. The van der Waals surface area contributed by atoms with Crippen LogP contribution in [-0.4, -0.2) is 4.57 Å². The summed E-state index contributed by atoms with van der Waals surface area (Å²) in [5.74, 6) is 0. The van der Waals surface area contributed by atoms with Gasteiger partial charge in [0.1, 0.15) is 11.2 Å². The molecular formula is C56H36N2O. The van der Waals surface area contributed by atoms with Crippen molar-refractivity contribution in [3.63, 3.8) is 0 Å². The second-order valence-electron chi connectivity index (χ2n) is 14.9. The van der Waals surface area contributed by atoms with Crippen LogP contribution >= 0.6 is 0 Å². The standard InChI is InChI=1S/C56H36N2O/c1-2-12-37(13-3-1)39-26-29-43(30-27-39)57(46-31-32-49-48-19-7-9-23-53(48)59-54(49)36-46)44-17-11-18-45(35-44)58-51-22-8-6-20-50(51)56-52(58)33-28-40-16-10-21-47(55(40)56)42-25-24-38-14-4-5-15-41(38)34-42/h1-36H/i10D,16D,21D,28D,33D. The SMILES string of the molecule is [2H]c1c([2H])c(-c2ccc3ccccc3c2)c2c(c1[2H])c([2H])c([2H])c1c2c2ccccc2n1-c1cccc(N(c2ccc(-c3ccccc3)cc2)c2ccc3c(c2)oc2ccccc23)c1. The van der Waals surface area contributed by atoms with Crippen molar-refractivity contribution < 1.29 is 11.3 Å². The average Bonchev–Trinajstić information content (AvgIpc) is 3.89. The zero-order valence-electron chi connectivity index (χ0n) is 36.7. The number of nitrogens with zero attached hydrogens (tertiary/aromatic N) is 2. The van der Waals surface area contributed by atoms with Gasteiger partial charge in [0.15, 0.2) is 0 Å². The maximum atomic E-state index is 9.70. The molecule has 3 nitrogen and oxygen atoms in total. The van der Waals surface area contributed by atoms with Crippen LogP contribution in [0.3, 0.4) is 0 Å². The molecule has 59 heavy (non-hydrogen) atoms. The lowest BCUT2D eigenvalue weighted by molar-refractivity contribution is 0.669. The molecule has 2 aromatic heterocycles. The molecule has 0 aliphatic heterocycles. The third-order valence-electron chi connectivity index (χ3n) is 11.5. The molecule has 276 valence electrons. The lowest BCUT2D eigenvalue weighted by atomic mass is 9.93. The zero-order chi connectivity index (χ0) is 43.2. The Balaban J connectivity index is 1.11. The maximum absolute atomic E-state index is 9.70. The van der Waals surface area contributed by atoms with Gasteiger partial charge in [-0.3, -0.25) is 0 Å². The van der Waals surface area contributed by atoms with Crippen molar-refractivity contribution >= 4 is 82.4 Å². The minimum Gasteiger partial charge on any atom is -0.456 e. The van der Waals surface area contributed by atoms with Crippen molar-refractivity contribution in [2.75, 3.05) is 4.90 Å². The average molecular weight is 758 g/mol. The highest BCUT2D eigenvalue weighted by atomic mass is 16.3. The highest BCUT2D eigenvalue weighted by Crippen LogP contribution is 2.44. The second kappa shape index (κ2) is 13.4. The Morgan fingerprint density at radius 3 is 2.02 bits per heavy atom. The largest absolute Gasteiger partial charge is 0.456 e. The molecule has 0 atom stereocenters. The van der Waals surface area contributed by atoms with Crippen molar-refractivity contribution in [3.8, 4) is 27.9 Å². The first-order valence-corrected chi connectivity index (χ1v) is 19.8. The molecule has 0 N–H and O–H groups in total. The van der Waals surface area contributed by atoms with E-state index in [-0.39, 0.29) is 35.6 Å². The molecule has 2 heterocycles. The summed E-state index contributed by atoms with van der Waals surface area (Å²) in [6.45, 7) is 0. The summed E-state index contributed by atoms with van der Waals surface area (Å²) in [7, 11) is 0. The van der Waals surface area contributed by atoms with Gasteiger partial charge in [0.05, 0.1) is 17.9 Å². The number of benzene rings is 10. The van der Waals surface area contributed by atoms with Gasteiger partial charge in [-0.05, 0) is 111 Å². The van der Waals surface area contributed by atoms with Crippen LogP contribution in [0.1, 0.15) is 6.85 Å². The summed E-state index contributed by atoms with van der Waals surface area (Å²) < 4.78 is 55.2. The lowest BCUT2D eigenvalue weighted by Gasteiger charge is -2.26. The molecule has 0 aliphatic rings. The van der Waals surface area contributed by atoms with Crippen LogP contribution in [0.15, 0.2) is 223 Å². The van der Waals surface area contributed by atoms with E-state index >= 15 is 0 Å². The van der Waals surface area contributed by atoms with Gasteiger partial charge in [-0.15, -0.1) is 0 Å². The fourth-order valence-corrected chi connectivity index (χ4v) is 8.82. The van der Waals surface area contributed by atoms with Gasteiger partial charge in [-0.1, -0.05) is 145 Å². The number of para-hydroxylation sites is 2. The van der Waals surface area contributed by atoms with E-state index in [1.54, 1.807) is 0 Å². The minimum atomic E-state index is -0.267. The van der Waals surface area contributed by atoms with Crippen LogP contribution in [0.2, 0.25) is 0 Å². The third kappa shape index (κ3) is 5.44. The van der Waals surface area contributed by atoms with Gasteiger partial charge in [0.2, 0.25) is 0 Å². The number of hydrogen-bond donors (Lipinski definition) is 0. The highest BCUT2D eigenvalue weighted by Gasteiger charge is 2.20. The fraction of sp³-hybridized carbons (Fsp3) is 0. The van der Waals surface area contributed by atoms with E-state index in [9.17, 15) is 4.11 Å². The minimum absolute atomic E-state index is 0.0529. The quantitative estimate of drug-likeness (QED) is 0.168. The van der Waals surface area contributed by atoms with E-state index in [4.69, 9.17) is 7.16 Å². The van der Waals surface area contributed by atoms with Crippen molar-refractivity contribution in [2.45, 2.75) is 0 Å². The summed E-state index contributed by atoms with van der Waals surface area (Å²) >= 11 is 0. The van der Waals surface area contributed by atoms with Crippen molar-refractivity contribution in [2.24, 2.45) is 0 Å². The molecule has 0 saturated carbocycles. The van der Waals surface area contributed by atoms with Gasteiger partial charge in [0, 0.05) is 50.4 Å². The summed E-state index contributed by atoms with van der Waals surface area (Å²) in [6.07, 6.45) is 0. The molecule has 0 unspecified atom stereocenters. The first kappa shape index (κ1) is 28.5. The van der Waals surface area contributed by atoms with E-state index in [1.807, 2.05) is 120 Å². The van der Waals surface area contributed by atoms with Crippen LogP contribution in [0.4, 0.5) is 17.1 Å². The third-order valence-corrected chi connectivity index (χ3v) is 11.5. The molecule has 12 rings (SSSR count). The van der Waals surface area contributed by atoms with Crippen LogP contribution in [0.5, 0.6) is 0 Å². The summed E-state index contributed by atoms with van der Waals surface area (Å²) in [6, 6.07) is 62.6. The van der Waals surface area contributed by atoms with Crippen molar-refractivity contribution in [1.82, 2.24) is 4.57 Å². The molecule has 0 saturated heterocycles. The number of aromatic nitrogens is 1. The summed E-state index contributed by atoms with van der Waals surface area (Å²) in [5, 5.41) is 6.33. The molecule has 0 aliphatic carbocycles. The molecule has 12 aromatic rings. The van der Waals surface area contributed by atoms with Crippen molar-refractivity contribution in [3.05, 3.63) is 218 Å². The monoisotopic (exact) mass is 757 g/mol. The van der Waals surface area contributed by atoms with Gasteiger partial charge in [-0.2, -0.15) is 0 Å². The molecule has 0 fully saturated rings. The van der Waals surface area contributed by atoms with Gasteiger partial charge in [-0.25, -0.2) is 0 Å². The van der Waals surface area contributed by atoms with E-state index in [1.165, 1.54) is 0 Å². The lowest BCUT2D eigenvalue weighted by Crippen LogP contribution is -2.10. The smallest absolute Gasteiger partial charge is 0.137 e. The van der Waals surface area contributed by atoms with Crippen LogP contribution in [0, 0.1) is 0 Å².